The summed E-state index contributed by atoms with van der Waals surface area (Å²) in [5.41, 5.74) is 0.468. The van der Waals surface area contributed by atoms with Crippen molar-refractivity contribution in [3.05, 3.63) is 23.5 Å². The number of imidazole rings is 1. The normalized spacial score (nSPS) is 10.4. The lowest BCUT2D eigenvalue weighted by atomic mass is 10.5. The van der Waals surface area contributed by atoms with Gasteiger partial charge in [-0.25, -0.2) is 9.97 Å². The summed E-state index contributed by atoms with van der Waals surface area (Å²) in [7, 11) is 0. The molecule has 2 aromatic rings. The molecule has 0 aliphatic heterocycles. The fourth-order valence-corrected chi connectivity index (χ4v) is 1.98. The van der Waals surface area contributed by atoms with Crippen LogP contribution in [0.5, 0.6) is 0 Å². The van der Waals surface area contributed by atoms with Gasteiger partial charge in [0.05, 0.1) is 0 Å². The number of rotatable bonds is 3. The maximum Gasteiger partial charge on any atom is 0.169 e. The zero-order chi connectivity index (χ0) is 9.97. The SMILES string of the molecule is CCn1ccnc1-c1nc(C=O)cs1. The highest BCUT2D eigenvalue weighted by molar-refractivity contribution is 7.13. The van der Waals surface area contributed by atoms with Gasteiger partial charge in [-0.1, -0.05) is 0 Å². The molecule has 0 saturated heterocycles. The second-order valence-electron chi connectivity index (χ2n) is 2.73. The van der Waals surface area contributed by atoms with Gasteiger partial charge < -0.3 is 4.57 Å². The molecule has 2 aromatic heterocycles. The van der Waals surface area contributed by atoms with Crippen molar-refractivity contribution in [2.24, 2.45) is 0 Å². The van der Waals surface area contributed by atoms with Gasteiger partial charge in [0.1, 0.15) is 5.69 Å². The third-order valence-electron chi connectivity index (χ3n) is 1.89. The lowest BCUT2D eigenvalue weighted by Gasteiger charge is -1.99. The van der Waals surface area contributed by atoms with E-state index >= 15 is 0 Å². The van der Waals surface area contributed by atoms with Crippen LogP contribution in [0.15, 0.2) is 17.8 Å². The lowest BCUT2D eigenvalue weighted by Crippen LogP contribution is -1.95. The monoisotopic (exact) mass is 207 g/mol. The molecule has 5 heteroatoms. The molecule has 0 unspecified atom stereocenters. The van der Waals surface area contributed by atoms with E-state index in [0.717, 1.165) is 23.7 Å². The third-order valence-corrected chi connectivity index (χ3v) is 2.75. The highest BCUT2D eigenvalue weighted by atomic mass is 32.1. The summed E-state index contributed by atoms with van der Waals surface area (Å²) < 4.78 is 1.99. The van der Waals surface area contributed by atoms with Gasteiger partial charge in [-0.15, -0.1) is 11.3 Å². The molecule has 14 heavy (non-hydrogen) atoms. The molecule has 4 nitrogen and oxygen atoms in total. The minimum Gasteiger partial charge on any atom is -0.329 e. The van der Waals surface area contributed by atoms with Crippen LogP contribution in [-0.2, 0) is 6.54 Å². The Morgan fingerprint density at radius 1 is 1.64 bits per heavy atom. The first-order valence-corrected chi connectivity index (χ1v) is 5.15. The van der Waals surface area contributed by atoms with E-state index in [1.807, 2.05) is 17.7 Å². The number of aldehydes is 1. The Labute approximate surface area is 85.2 Å². The van der Waals surface area contributed by atoms with Crippen molar-refractivity contribution in [1.82, 2.24) is 14.5 Å². The van der Waals surface area contributed by atoms with Crippen molar-refractivity contribution in [1.29, 1.82) is 0 Å². The maximum atomic E-state index is 10.5. The fourth-order valence-electron chi connectivity index (χ4n) is 1.21. The Bertz CT molecular complexity index is 446. The second kappa shape index (κ2) is 3.71. The number of aryl methyl sites for hydroxylation is 1. The number of thiazole rings is 1. The summed E-state index contributed by atoms with van der Waals surface area (Å²) in [6.07, 6.45) is 4.39. The molecule has 2 rings (SSSR count). The molecule has 0 radical (unpaired) electrons. The zero-order valence-corrected chi connectivity index (χ0v) is 8.49. The van der Waals surface area contributed by atoms with E-state index in [-0.39, 0.29) is 0 Å². The van der Waals surface area contributed by atoms with Crippen molar-refractivity contribution in [2.45, 2.75) is 13.5 Å². The quantitative estimate of drug-likeness (QED) is 0.721. The van der Waals surface area contributed by atoms with Crippen molar-refractivity contribution >= 4 is 17.6 Å². The molecule has 0 N–H and O–H groups in total. The fraction of sp³-hybridized carbons (Fsp3) is 0.222. The number of nitrogens with zero attached hydrogens (tertiary/aromatic N) is 3. The molecular formula is C9H9N3OS. The summed E-state index contributed by atoms with van der Waals surface area (Å²) in [6.45, 7) is 2.89. The molecule has 0 bridgehead atoms. The van der Waals surface area contributed by atoms with Gasteiger partial charge in [-0.3, -0.25) is 4.79 Å². The second-order valence-corrected chi connectivity index (χ2v) is 3.59. The van der Waals surface area contributed by atoms with Crippen molar-refractivity contribution in [3.8, 4) is 10.8 Å². The van der Waals surface area contributed by atoms with Crippen LogP contribution in [0.3, 0.4) is 0 Å². The summed E-state index contributed by atoms with van der Waals surface area (Å²) in [5, 5.41) is 2.52. The third kappa shape index (κ3) is 1.46. The zero-order valence-electron chi connectivity index (χ0n) is 7.67. The number of aromatic nitrogens is 3. The minimum absolute atomic E-state index is 0.468. The Kier molecular flexibility index (Phi) is 2.41. The predicted octanol–water partition coefficient (Wildman–Crippen LogP) is 1.84. The van der Waals surface area contributed by atoms with Gasteiger partial charge >= 0.3 is 0 Å². The first-order valence-electron chi connectivity index (χ1n) is 4.27. The predicted molar refractivity (Wildman–Crippen MR) is 54.4 cm³/mol. The van der Waals surface area contributed by atoms with Crippen molar-refractivity contribution in [3.63, 3.8) is 0 Å². The smallest absolute Gasteiger partial charge is 0.169 e. The Balaban J connectivity index is 2.43. The summed E-state index contributed by atoms with van der Waals surface area (Å²) in [6, 6.07) is 0. The molecule has 0 aliphatic rings. The minimum atomic E-state index is 0.468. The number of hydrogen-bond acceptors (Lipinski definition) is 4. The van der Waals surface area contributed by atoms with Crippen LogP contribution < -0.4 is 0 Å². The van der Waals surface area contributed by atoms with Gasteiger partial charge in [0, 0.05) is 24.3 Å². The van der Waals surface area contributed by atoms with E-state index in [4.69, 9.17) is 0 Å². The number of carbonyl (C=O) groups is 1. The molecule has 0 amide bonds. The Morgan fingerprint density at radius 2 is 2.50 bits per heavy atom. The molecule has 0 spiro atoms. The van der Waals surface area contributed by atoms with E-state index in [0.29, 0.717) is 5.69 Å². The van der Waals surface area contributed by atoms with E-state index in [9.17, 15) is 4.79 Å². The Morgan fingerprint density at radius 3 is 3.14 bits per heavy atom. The number of carbonyl (C=O) groups excluding carboxylic acids is 1. The summed E-state index contributed by atoms with van der Waals surface area (Å²) in [5.74, 6) is 0.825. The molecule has 0 atom stereocenters. The van der Waals surface area contributed by atoms with Gasteiger partial charge in [0.15, 0.2) is 17.1 Å². The first kappa shape index (κ1) is 9.08. The van der Waals surface area contributed by atoms with Gasteiger partial charge in [0.2, 0.25) is 0 Å². The van der Waals surface area contributed by atoms with Crippen LogP contribution in [0.25, 0.3) is 10.8 Å². The Hall–Kier alpha value is -1.49. The standard InChI is InChI=1S/C9H9N3OS/c1-2-12-4-3-10-8(12)9-11-7(5-13)6-14-9/h3-6H,2H2,1H3. The molecular weight excluding hydrogens is 198 g/mol. The average molecular weight is 207 g/mol. The highest BCUT2D eigenvalue weighted by Gasteiger charge is 2.08. The van der Waals surface area contributed by atoms with Crippen LogP contribution in [0.4, 0.5) is 0 Å². The van der Waals surface area contributed by atoms with Crippen molar-refractivity contribution in [2.75, 3.05) is 0 Å². The molecule has 0 saturated carbocycles. The number of hydrogen-bond donors (Lipinski definition) is 0. The van der Waals surface area contributed by atoms with Gasteiger partial charge in [0.25, 0.3) is 0 Å². The average Bonchev–Trinajstić information content (AvgIpc) is 2.85. The summed E-state index contributed by atoms with van der Waals surface area (Å²) >= 11 is 1.44. The van der Waals surface area contributed by atoms with E-state index in [2.05, 4.69) is 9.97 Å². The molecule has 0 aromatic carbocycles. The molecule has 72 valence electrons. The van der Waals surface area contributed by atoms with E-state index < -0.39 is 0 Å². The topological polar surface area (TPSA) is 47.8 Å². The molecule has 0 fully saturated rings. The van der Waals surface area contributed by atoms with Crippen LogP contribution in [0.1, 0.15) is 17.4 Å². The van der Waals surface area contributed by atoms with Crippen LogP contribution >= 0.6 is 11.3 Å². The largest absolute Gasteiger partial charge is 0.329 e. The van der Waals surface area contributed by atoms with Crippen LogP contribution in [0, 0.1) is 0 Å². The van der Waals surface area contributed by atoms with Crippen molar-refractivity contribution < 1.29 is 4.79 Å². The molecule has 0 aliphatic carbocycles. The highest BCUT2D eigenvalue weighted by Crippen LogP contribution is 2.21. The van der Waals surface area contributed by atoms with Gasteiger partial charge in [-0.2, -0.15) is 0 Å². The molecule has 2 heterocycles. The van der Waals surface area contributed by atoms with E-state index in [1.54, 1.807) is 11.6 Å². The van der Waals surface area contributed by atoms with Crippen LogP contribution in [-0.4, -0.2) is 20.8 Å². The van der Waals surface area contributed by atoms with Gasteiger partial charge in [-0.05, 0) is 6.92 Å². The van der Waals surface area contributed by atoms with Crippen LogP contribution in [0.2, 0.25) is 0 Å². The first-order chi connectivity index (χ1) is 6.85. The maximum absolute atomic E-state index is 10.5. The van der Waals surface area contributed by atoms with E-state index in [1.165, 1.54) is 11.3 Å². The summed E-state index contributed by atoms with van der Waals surface area (Å²) in [4.78, 5) is 18.8. The lowest BCUT2D eigenvalue weighted by molar-refractivity contribution is 0.111.